The lowest BCUT2D eigenvalue weighted by molar-refractivity contribution is -0.137. The van der Waals surface area contributed by atoms with Gasteiger partial charge in [-0.1, -0.05) is 0 Å². The van der Waals surface area contributed by atoms with Crippen molar-refractivity contribution in [3.05, 3.63) is 29.8 Å². The molecule has 0 aliphatic heterocycles. The second kappa shape index (κ2) is 5.29. The molecule has 0 radical (unpaired) electrons. The minimum atomic E-state index is -4.31. The Balaban J connectivity index is 3.02. The normalized spacial score (nSPS) is 11.1. The molecule has 0 spiro atoms. The summed E-state index contributed by atoms with van der Waals surface area (Å²) in [5.41, 5.74) is -0.182. The first-order chi connectivity index (χ1) is 8.21. The average molecular weight is 259 g/mol. The molecule has 0 saturated carbocycles. The van der Waals surface area contributed by atoms with Crippen LogP contribution in [-0.4, -0.2) is 44.0 Å². The van der Waals surface area contributed by atoms with Gasteiger partial charge in [0.1, 0.15) is 0 Å². The van der Waals surface area contributed by atoms with E-state index in [1.54, 1.807) is 9.80 Å². The molecule has 3 nitrogen and oxygen atoms in total. The highest BCUT2D eigenvalue weighted by molar-refractivity contribution is 5.81. The standard InChI is InChI=1S/C12H16F3N3/c1-17(2)11(18(3)4)16-10-7-5-9(6-8-10)12(13,14)15/h5-8H,1-4H3. The first-order valence-corrected chi connectivity index (χ1v) is 5.32. The summed E-state index contributed by atoms with van der Waals surface area (Å²) in [5, 5.41) is 0. The lowest BCUT2D eigenvalue weighted by atomic mass is 10.2. The van der Waals surface area contributed by atoms with Crippen molar-refractivity contribution in [1.29, 1.82) is 0 Å². The van der Waals surface area contributed by atoms with Gasteiger partial charge in [-0.05, 0) is 24.3 Å². The Bertz CT molecular complexity index is 409. The number of hydrogen-bond acceptors (Lipinski definition) is 1. The fraction of sp³-hybridized carbons (Fsp3) is 0.417. The maximum atomic E-state index is 12.4. The van der Waals surface area contributed by atoms with Gasteiger partial charge in [-0.15, -0.1) is 0 Å². The van der Waals surface area contributed by atoms with Crippen molar-refractivity contribution in [2.75, 3.05) is 28.2 Å². The number of halogens is 3. The molecular formula is C12H16F3N3. The van der Waals surface area contributed by atoms with Crippen LogP contribution in [0.4, 0.5) is 18.9 Å². The third kappa shape index (κ3) is 3.65. The van der Waals surface area contributed by atoms with Gasteiger partial charge in [0.25, 0.3) is 0 Å². The van der Waals surface area contributed by atoms with Gasteiger partial charge in [0, 0.05) is 28.2 Å². The van der Waals surface area contributed by atoms with Gasteiger partial charge in [0.15, 0.2) is 0 Å². The highest BCUT2D eigenvalue weighted by Crippen LogP contribution is 2.30. The van der Waals surface area contributed by atoms with Gasteiger partial charge in [-0.25, -0.2) is 4.99 Å². The summed E-state index contributed by atoms with van der Waals surface area (Å²) in [6.45, 7) is 0. The second-order valence-electron chi connectivity index (χ2n) is 4.25. The molecule has 0 aromatic heterocycles. The lowest BCUT2D eigenvalue weighted by Gasteiger charge is -2.22. The van der Waals surface area contributed by atoms with E-state index in [4.69, 9.17) is 0 Å². The van der Waals surface area contributed by atoms with Crippen molar-refractivity contribution in [3.8, 4) is 0 Å². The summed E-state index contributed by atoms with van der Waals surface area (Å²) in [7, 11) is 7.29. The van der Waals surface area contributed by atoms with Gasteiger partial charge in [-0.3, -0.25) is 0 Å². The van der Waals surface area contributed by atoms with Crippen molar-refractivity contribution in [1.82, 2.24) is 9.80 Å². The first-order valence-electron chi connectivity index (χ1n) is 5.32. The van der Waals surface area contributed by atoms with Crippen molar-refractivity contribution >= 4 is 11.6 Å². The fourth-order valence-electron chi connectivity index (χ4n) is 1.44. The van der Waals surface area contributed by atoms with Crippen molar-refractivity contribution in [2.24, 2.45) is 4.99 Å². The van der Waals surface area contributed by atoms with Crippen LogP contribution in [0.15, 0.2) is 29.3 Å². The zero-order chi connectivity index (χ0) is 13.9. The zero-order valence-corrected chi connectivity index (χ0v) is 10.8. The summed E-state index contributed by atoms with van der Waals surface area (Å²) < 4.78 is 37.2. The van der Waals surface area contributed by atoms with Crippen LogP contribution in [0.25, 0.3) is 0 Å². The predicted molar refractivity (Wildman–Crippen MR) is 65.9 cm³/mol. The molecule has 0 heterocycles. The van der Waals surface area contributed by atoms with E-state index >= 15 is 0 Å². The highest BCUT2D eigenvalue weighted by Gasteiger charge is 2.29. The van der Waals surface area contributed by atoms with E-state index < -0.39 is 11.7 Å². The Labute approximate surface area is 105 Å². The number of aliphatic imine (C=N–C) groups is 1. The molecule has 18 heavy (non-hydrogen) atoms. The smallest absolute Gasteiger partial charge is 0.349 e. The SMILES string of the molecule is CN(C)C(=Nc1ccc(C(F)(F)F)cc1)N(C)C. The van der Waals surface area contributed by atoms with Crippen LogP contribution in [-0.2, 0) is 6.18 Å². The van der Waals surface area contributed by atoms with Gasteiger partial charge < -0.3 is 9.80 Å². The van der Waals surface area contributed by atoms with Crippen LogP contribution in [0.3, 0.4) is 0 Å². The number of rotatable bonds is 1. The topological polar surface area (TPSA) is 18.8 Å². The molecule has 0 amide bonds. The number of guanidine groups is 1. The Morgan fingerprint density at radius 1 is 0.944 bits per heavy atom. The van der Waals surface area contributed by atoms with Crippen LogP contribution < -0.4 is 0 Å². The molecule has 0 aliphatic rings. The number of benzene rings is 1. The largest absolute Gasteiger partial charge is 0.416 e. The summed E-state index contributed by atoms with van der Waals surface area (Å²) in [4.78, 5) is 7.86. The maximum Gasteiger partial charge on any atom is 0.416 e. The number of nitrogens with zero attached hydrogens (tertiary/aromatic N) is 3. The molecule has 0 aliphatic carbocycles. The van der Waals surface area contributed by atoms with Crippen molar-refractivity contribution < 1.29 is 13.2 Å². The summed E-state index contributed by atoms with van der Waals surface area (Å²) in [6, 6.07) is 4.77. The van der Waals surface area contributed by atoms with Crippen LogP contribution >= 0.6 is 0 Å². The summed E-state index contributed by atoms with van der Waals surface area (Å²) >= 11 is 0. The van der Waals surface area contributed by atoms with Gasteiger partial charge in [0.05, 0.1) is 11.3 Å². The zero-order valence-electron chi connectivity index (χ0n) is 10.8. The van der Waals surface area contributed by atoms with E-state index in [-0.39, 0.29) is 0 Å². The second-order valence-corrected chi connectivity index (χ2v) is 4.25. The molecular weight excluding hydrogens is 243 g/mol. The van der Waals surface area contributed by atoms with E-state index in [9.17, 15) is 13.2 Å². The fourth-order valence-corrected chi connectivity index (χ4v) is 1.44. The van der Waals surface area contributed by atoms with Crippen LogP contribution in [0.2, 0.25) is 0 Å². The lowest BCUT2D eigenvalue weighted by Crippen LogP contribution is -2.35. The monoisotopic (exact) mass is 259 g/mol. The van der Waals surface area contributed by atoms with Gasteiger partial charge in [0.2, 0.25) is 5.96 Å². The molecule has 6 heteroatoms. The Morgan fingerprint density at radius 3 is 1.72 bits per heavy atom. The quantitative estimate of drug-likeness (QED) is 0.570. The predicted octanol–water partition coefficient (Wildman–Crippen LogP) is 2.82. The molecule has 0 saturated heterocycles. The molecule has 1 aromatic rings. The van der Waals surface area contributed by atoms with E-state index in [1.807, 2.05) is 28.2 Å². The molecule has 1 rings (SSSR count). The van der Waals surface area contributed by atoms with Crippen LogP contribution in [0.1, 0.15) is 5.56 Å². The average Bonchev–Trinajstić information content (AvgIpc) is 2.24. The Hall–Kier alpha value is -1.72. The molecule has 0 bridgehead atoms. The van der Waals surface area contributed by atoms with E-state index in [0.717, 1.165) is 12.1 Å². The minimum Gasteiger partial charge on any atom is -0.349 e. The third-order valence-electron chi connectivity index (χ3n) is 2.22. The minimum absolute atomic E-state index is 0.486. The highest BCUT2D eigenvalue weighted by atomic mass is 19.4. The van der Waals surface area contributed by atoms with Crippen LogP contribution in [0.5, 0.6) is 0 Å². The van der Waals surface area contributed by atoms with Gasteiger partial charge in [-0.2, -0.15) is 13.2 Å². The van der Waals surface area contributed by atoms with E-state index in [0.29, 0.717) is 11.6 Å². The summed E-state index contributed by atoms with van der Waals surface area (Å²) in [5.74, 6) is 0.662. The van der Waals surface area contributed by atoms with Crippen molar-refractivity contribution in [3.63, 3.8) is 0 Å². The number of hydrogen-bond donors (Lipinski definition) is 0. The van der Waals surface area contributed by atoms with Crippen LogP contribution in [0, 0.1) is 0 Å². The number of alkyl halides is 3. The molecule has 1 aromatic carbocycles. The molecule has 0 atom stereocenters. The Morgan fingerprint density at radius 2 is 1.39 bits per heavy atom. The van der Waals surface area contributed by atoms with E-state index in [1.165, 1.54) is 12.1 Å². The van der Waals surface area contributed by atoms with Gasteiger partial charge >= 0.3 is 6.18 Å². The maximum absolute atomic E-state index is 12.4. The third-order valence-corrected chi connectivity index (χ3v) is 2.22. The van der Waals surface area contributed by atoms with E-state index in [2.05, 4.69) is 4.99 Å². The molecule has 0 fully saturated rings. The summed E-state index contributed by atoms with van der Waals surface area (Å²) in [6.07, 6.45) is -4.31. The van der Waals surface area contributed by atoms with Crippen molar-refractivity contribution in [2.45, 2.75) is 6.18 Å². The Kier molecular flexibility index (Phi) is 4.21. The molecule has 0 N–H and O–H groups in total. The molecule has 0 unspecified atom stereocenters. The first kappa shape index (κ1) is 14.3. The molecule has 100 valence electrons.